The quantitative estimate of drug-likeness (QED) is 0.266. The normalized spacial score (nSPS) is 11.4. The molecule has 35 heavy (non-hydrogen) atoms. The van der Waals surface area contributed by atoms with Crippen molar-refractivity contribution >= 4 is 43.7 Å². The van der Waals surface area contributed by atoms with Crippen molar-refractivity contribution in [3.05, 3.63) is 133 Å². The number of rotatable bonds is 4. The van der Waals surface area contributed by atoms with Crippen molar-refractivity contribution in [2.75, 3.05) is 5.32 Å². The van der Waals surface area contributed by atoms with Crippen LogP contribution >= 0.6 is 0 Å². The van der Waals surface area contributed by atoms with Gasteiger partial charge in [-0.05, 0) is 84.9 Å². The molecule has 0 aliphatic rings. The maximum Gasteiger partial charge on any atom is 0.0396 e. The van der Waals surface area contributed by atoms with Gasteiger partial charge in [0.05, 0.1) is 0 Å². The van der Waals surface area contributed by atoms with E-state index < -0.39 is 0 Å². The Bertz CT molecular complexity index is 1680. The van der Waals surface area contributed by atoms with Crippen molar-refractivity contribution in [1.29, 1.82) is 0 Å². The summed E-state index contributed by atoms with van der Waals surface area (Å²) in [4.78, 5) is 0. The molecule has 0 saturated carbocycles. The summed E-state index contributed by atoms with van der Waals surface area (Å²) < 4.78 is 0. The van der Waals surface area contributed by atoms with Crippen LogP contribution in [-0.4, -0.2) is 0 Å². The molecule has 164 valence electrons. The molecule has 0 aromatic heterocycles. The van der Waals surface area contributed by atoms with Crippen LogP contribution in [0.3, 0.4) is 0 Å². The zero-order valence-corrected chi connectivity index (χ0v) is 19.2. The Morgan fingerprint density at radius 1 is 0.314 bits per heavy atom. The average molecular weight is 446 g/mol. The summed E-state index contributed by atoms with van der Waals surface area (Å²) >= 11 is 0. The van der Waals surface area contributed by atoms with E-state index in [9.17, 15) is 0 Å². The van der Waals surface area contributed by atoms with E-state index in [0.717, 1.165) is 11.4 Å². The van der Waals surface area contributed by atoms with Gasteiger partial charge in [-0.2, -0.15) is 0 Å². The lowest BCUT2D eigenvalue weighted by Gasteiger charge is -2.15. The van der Waals surface area contributed by atoms with Crippen molar-refractivity contribution in [3.63, 3.8) is 0 Å². The first-order valence-corrected chi connectivity index (χ1v) is 12.0. The van der Waals surface area contributed by atoms with Gasteiger partial charge in [0.1, 0.15) is 0 Å². The maximum atomic E-state index is 3.73. The van der Waals surface area contributed by atoms with Gasteiger partial charge in [0, 0.05) is 11.4 Å². The minimum absolute atomic E-state index is 1.08. The third-order valence-electron chi connectivity index (χ3n) is 6.90. The van der Waals surface area contributed by atoms with Gasteiger partial charge in [-0.15, -0.1) is 0 Å². The van der Waals surface area contributed by atoms with Crippen LogP contribution < -0.4 is 5.32 Å². The zero-order valence-electron chi connectivity index (χ0n) is 19.2. The molecule has 1 heteroatoms. The van der Waals surface area contributed by atoms with E-state index in [2.05, 4.69) is 139 Å². The summed E-state index contributed by atoms with van der Waals surface area (Å²) in [5.41, 5.74) is 7.00. The second-order valence-electron chi connectivity index (χ2n) is 9.16. The SMILES string of the molecule is c1ccc(-c2cc(Nc3cc4ccc5cccc6ccc(c3)c4c56)cc(-c3ccccc3)c2)cc1. The molecule has 7 aromatic rings. The van der Waals surface area contributed by atoms with Crippen molar-refractivity contribution < 1.29 is 0 Å². The molecule has 1 nitrogen and oxygen atoms in total. The first kappa shape index (κ1) is 19.8. The predicted octanol–water partition coefficient (Wildman–Crippen LogP) is 9.66. The van der Waals surface area contributed by atoms with Crippen molar-refractivity contribution in [1.82, 2.24) is 0 Å². The van der Waals surface area contributed by atoms with E-state index in [4.69, 9.17) is 0 Å². The molecule has 0 bridgehead atoms. The van der Waals surface area contributed by atoms with E-state index in [-0.39, 0.29) is 0 Å². The monoisotopic (exact) mass is 445 g/mol. The second-order valence-corrected chi connectivity index (χ2v) is 9.16. The van der Waals surface area contributed by atoms with E-state index in [1.54, 1.807) is 0 Å². The van der Waals surface area contributed by atoms with E-state index in [1.807, 2.05) is 0 Å². The van der Waals surface area contributed by atoms with Gasteiger partial charge in [-0.3, -0.25) is 0 Å². The highest BCUT2D eigenvalue weighted by atomic mass is 14.9. The summed E-state index contributed by atoms with van der Waals surface area (Å²) in [7, 11) is 0. The minimum atomic E-state index is 1.08. The Morgan fingerprint density at radius 2 is 0.771 bits per heavy atom. The smallest absolute Gasteiger partial charge is 0.0396 e. The molecule has 7 aromatic carbocycles. The summed E-state index contributed by atoms with van der Waals surface area (Å²) in [5.74, 6) is 0. The summed E-state index contributed by atoms with van der Waals surface area (Å²) in [5, 5.41) is 11.5. The number of anilines is 2. The largest absolute Gasteiger partial charge is 0.355 e. The van der Waals surface area contributed by atoms with Crippen LogP contribution in [0.2, 0.25) is 0 Å². The van der Waals surface area contributed by atoms with E-state index in [0.29, 0.717) is 0 Å². The number of nitrogens with one attached hydrogen (secondary N) is 1. The first-order valence-electron chi connectivity index (χ1n) is 12.0. The third kappa shape index (κ3) is 3.50. The summed E-state index contributed by atoms with van der Waals surface area (Å²) in [6, 6.07) is 48.0. The number of benzene rings is 7. The van der Waals surface area contributed by atoms with Gasteiger partial charge in [-0.1, -0.05) is 103 Å². The summed E-state index contributed by atoms with van der Waals surface area (Å²) in [6.45, 7) is 0. The molecular weight excluding hydrogens is 422 g/mol. The van der Waals surface area contributed by atoms with Crippen molar-refractivity contribution in [2.45, 2.75) is 0 Å². The molecule has 0 aliphatic carbocycles. The molecule has 1 N–H and O–H groups in total. The van der Waals surface area contributed by atoms with Crippen LogP contribution in [-0.2, 0) is 0 Å². The fourth-order valence-corrected chi connectivity index (χ4v) is 5.29. The van der Waals surface area contributed by atoms with Gasteiger partial charge in [0.15, 0.2) is 0 Å². The predicted molar refractivity (Wildman–Crippen MR) is 151 cm³/mol. The highest BCUT2D eigenvalue weighted by molar-refractivity contribution is 6.23. The Kier molecular flexibility index (Phi) is 4.53. The van der Waals surface area contributed by atoms with Crippen LogP contribution in [0.25, 0.3) is 54.6 Å². The molecular formula is C34H23N. The highest BCUT2D eigenvalue weighted by Crippen LogP contribution is 2.38. The molecule has 0 spiro atoms. The Balaban J connectivity index is 1.37. The first-order chi connectivity index (χ1) is 17.3. The van der Waals surface area contributed by atoms with Crippen molar-refractivity contribution in [3.8, 4) is 22.3 Å². The van der Waals surface area contributed by atoms with Crippen LogP contribution in [0.5, 0.6) is 0 Å². The number of hydrogen-bond acceptors (Lipinski definition) is 1. The van der Waals surface area contributed by atoms with Crippen LogP contribution in [0, 0.1) is 0 Å². The number of hydrogen-bond donors (Lipinski definition) is 1. The molecule has 0 radical (unpaired) electrons. The molecule has 0 amide bonds. The molecule has 0 aliphatic heterocycles. The molecule has 0 heterocycles. The van der Waals surface area contributed by atoms with Gasteiger partial charge in [0.25, 0.3) is 0 Å². The Labute approximate surface area is 204 Å². The lowest BCUT2D eigenvalue weighted by atomic mass is 9.94. The second kappa shape index (κ2) is 8.00. The molecule has 0 saturated heterocycles. The molecule has 0 atom stereocenters. The van der Waals surface area contributed by atoms with Gasteiger partial charge in [0.2, 0.25) is 0 Å². The average Bonchev–Trinajstić information content (AvgIpc) is 2.92. The molecule has 0 fully saturated rings. The zero-order chi connectivity index (χ0) is 23.2. The minimum Gasteiger partial charge on any atom is -0.355 e. The maximum absolute atomic E-state index is 3.73. The van der Waals surface area contributed by atoms with E-state index >= 15 is 0 Å². The fourth-order valence-electron chi connectivity index (χ4n) is 5.29. The van der Waals surface area contributed by atoms with Crippen LogP contribution in [0.4, 0.5) is 11.4 Å². The van der Waals surface area contributed by atoms with Gasteiger partial charge in [-0.25, -0.2) is 0 Å². The lowest BCUT2D eigenvalue weighted by Crippen LogP contribution is -1.94. The Hall–Kier alpha value is -4.62. The van der Waals surface area contributed by atoms with Gasteiger partial charge >= 0.3 is 0 Å². The summed E-state index contributed by atoms with van der Waals surface area (Å²) in [6.07, 6.45) is 0. The molecule has 0 unspecified atom stereocenters. The standard InChI is InChI=1S/C34H23N/c1-3-8-23(9-4-1)29-18-30(24-10-5-2-6-11-24)22-32(21-29)35-31-19-27-16-14-25-12-7-13-26-15-17-28(20-31)34(27)33(25)26/h1-22,35H. The third-order valence-corrected chi connectivity index (χ3v) is 6.90. The highest BCUT2D eigenvalue weighted by Gasteiger charge is 2.10. The molecule has 7 rings (SSSR count). The topological polar surface area (TPSA) is 12.0 Å². The van der Waals surface area contributed by atoms with Crippen molar-refractivity contribution in [2.24, 2.45) is 0 Å². The van der Waals surface area contributed by atoms with Gasteiger partial charge < -0.3 is 5.32 Å². The van der Waals surface area contributed by atoms with Crippen LogP contribution in [0.15, 0.2) is 133 Å². The lowest BCUT2D eigenvalue weighted by molar-refractivity contribution is 1.54. The fraction of sp³-hybridized carbons (Fsp3) is 0. The van der Waals surface area contributed by atoms with Crippen LogP contribution in [0.1, 0.15) is 0 Å². The Morgan fingerprint density at radius 3 is 1.31 bits per heavy atom. The van der Waals surface area contributed by atoms with E-state index in [1.165, 1.54) is 54.6 Å².